The number of carbonyl (C=O) groups is 1. The number of hydrogen-bond acceptors (Lipinski definition) is 5. The molecule has 1 atom stereocenters. The highest BCUT2D eigenvalue weighted by molar-refractivity contribution is 7.03. The van der Waals surface area contributed by atoms with Crippen LogP contribution in [0.4, 0.5) is 0 Å². The van der Waals surface area contributed by atoms with Crippen molar-refractivity contribution in [1.82, 2.24) is 14.7 Å². The lowest BCUT2D eigenvalue weighted by Crippen LogP contribution is -2.28. The van der Waals surface area contributed by atoms with E-state index in [9.17, 15) is 9.90 Å². The van der Waals surface area contributed by atoms with Crippen LogP contribution in [0, 0.1) is 6.92 Å². The summed E-state index contributed by atoms with van der Waals surface area (Å²) in [6.07, 6.45) is 2.48. The monoisotopic (exact) mass is 263 g/mol. The number of nitrogens with one attached hydrogen (secondary N) is 1. The predicted molar refractivity (Wildman–Crippen MR) is 68.4 cm³/mol. The van der Waals surface area contributed by atoms with Crippen molar-refractivity contribution in [3.8, 4) is 0 Å². The molecule has 0 aliphatic carbocycles. The third kappa shape index (κ3) is 2.91. The molecular weight excluding hydrogens is 250 g/mol. The first-order valence-electron chi connectivity index (χ1n) is 5.45. The van der Waals surface area contributed by atoms with Crippen molar-refractivity contribution in [2.75, 3.05) is 6.54 Å². The zero-order valence-corrected chi connectivity index (χ0v) is 10.6. The molecule has 0 spiro atoms. The Kier molecular flexibility index (Phi) is 4.01. The maximum absolute atomic E-state index is 11.8. The number of carbonyl (C=O) groups excluding carboxylic acids is 1. The van der Waals surface area contributed by atoms with Gasteiger partial charge in [0.2, 0.25) is 0 Å². The molecule has 2 aromatic heterocycles. The molecule has 2 rings (SSSR count). The minimum Gasteiger partial charge on any atom is -0.387 e. The molecule has 2 aromatic rings. The molecule has 0 radical (unpaired) electrons. The SMILES string of the molecule is Cc1nscc1C(=O)NCC(O)c1ccncc1. The van der Waals surface area contributed by atoms with Gasteiger partial charge < -0.3 is 10.4 Å². The average molecular weight is 263 g/mol. The Morgan fingerprint density at radius 1 is 1.50 bits per heavy atom. The number of pyridine rings is 1. The van der Waals surface area contributed by atoms with Crippen LogP contribution < -0.4 is 5.32 Å². The third-order valence-corrected chi connectivity index (χ3v) is 3.26. The summed E-state index contributed by atoms with van der Waals surface area (Å²) in [5.41, 5.74) is 1.99. The molecule has 2 heterocycles. The lowest BCUT2D eigenvalue weighted by atomic mass is 10.1. The molecule has 5 nitrogen and oxygen atoms in total. The maximum atomic E-state index is 11.8. The maximum Gasteiger partial charge on any atom is 0.254 e. The van der Waals surface area contributed by atoms with Gasteiger partial charge >= 0.3 is 0 Å². The number of aryl methyl sites for hydroxylation is 1. The van der Waals surface area contributed by atoms with Crippen molar-refractivity contribution in [3.05, 3.63) is 46.7 Å². The Morgan fingerprint density at radius 2 is 2.22 bits per heavy atom. The van der Waals surface area contributed by atoms with Gasteiger partial charge in [-0.2, -0.15) is 4.37 Å². The van der Waals surface area contributed by atoms with Gasteiger partial charge in [0.25, 0.3) is 5.91 Å². The summed E-state index contributed by atoms with van der Waals surface area (Å²) in [7, 11) is 0. The molecule has 0 fully saturated rings. The van der Waals surface area contributed by atoms with E-state index in [4.69, 9.17) is 0 Å². The number of aromatic nitrogens is 2. The summed E-state index contributed by atoms with van der Waals surface area (Å²) < 4.78 is 4.03. The van der Waals surface area contributed by atoms with Crippen molar-refractivity contribution in [2.45, 2.75) is 13.0 Å². The van der Waals surface area contributed by atoms with Gasteiger partial charge in [-0.3, -0.25) is 9.78 Å². The number of amides is 1. The molecule has 0 aromatic carbocycles. The second-order valence-corrected chi connectivity index (χ2v) is 4.45. The zero-order chi connectivity index (χ0) is 13.0. The minimum absolute atomic E-state index is 0.165. The summed E-state index contributed by atoms with van der Waals surface area (Å²) in [4.78, 5) is 15.7. The van der Waals surface area contributed by atoms with Gasteiger partial charge in [-0.05, 0) is 36.2 Å². The fourth-order valence-corrected chi connectivity index (χ4v) is 2.19. The van der Waals surface area contributed by atoms with Gasteiger partial charge in [0, 0.05) is 24.3 Å². The second-order valence-electron chi connectivity index (χ2n) is 3.82. The first kappa shape index (κ1) is 12.7. The molecule has 0 saturated heterocycles. The normalized spacial score (nSPS) is 12.1. The summed E-state index contributed by atoms with van der Waals surface area (Å²) in [6, 6.07) is 3.43. The standard InChI is InChI=1S/C12H13N3O2S/c1-8-10(7-18-15-8)12(17)14-6-11(16)9-2-4-13-5-3-9/h2-5,7,11,16H,6H2,1H3,(H,14,17). The van der Waals surface area contributed by atoms with Crippen molar-refractivity contribution in [3.63, 3.8) is 0 Å². The van der Waals surface area contributed by atoms with Crippen molar-refractivity contribution in [1.29, 1.82) is 0 Å². The lowest BCUT2D eigenvalue weighted by Gasteiger charge is -2.11. The predicted octanol–water partition coefficient (Wildman–Crippen LogP) is 1.31. The van der Waals surface area contributed by atoms with Gasteiger partial charge in [0.15, 0.2) is 0 Å². The van der Waals surface area contributed by atoms with Crippen LogP contribution >= 0.6 is 11.5 Å². The van der Waals surface area contributed by atoms with E-state index in [1.54, 1.807) is 36.8 Å². The molecule has 18 heavy (non-hydrogen) atoms. The molecular formula is C12H13N3O2S. The lowest BCUT2D eigenvalue weighted by molar-refractivity contribution is 0.0916. The number of aliphatic hydroxyl groups is 1. The number of hydrogen-bond donors (Lipinski definition) is 2. The topological polar surface area (TPSA) is 75.1 Å². The van der Waals surface area contributed by atoms with E-state index >= 15 is 0 Å². The Hall–Kier alpha value is -1.79. The summed E-state index contributed by atoms with van der Waals surface area (Å²) >= 11 is 1.24. The Balaban J connectivity index is 1.93. The smallest absolute Gasteiger partial charge is 0.254 e. The number of aliphatic hydroxyl groups excluding tert-OH is 1. The molecule has 2 N–H and O–H groups in total. The van der Waals surface area contributed by atoms with Crippen LogP contribution in [0.2, 0.25) is 0 Å². The fraction of sp³-hybridized carbons (Fsp3) is 0.250. The number of nitrogens with zero attached hydrogens (tertiary/aromatic N) is 2. The van der Waals surface area contributed by atoms with Crippen LogP contribution in [0.15, 0.2) is 29.9 Å². The molecule has 94 valence electrons. The van der Waals surface area contributed by atoms with Gasteiger partial charge in [-0.15, -0.1) is 0 Å². The van der Waals surface area contributed by atoms with E-state index in [1.807, 2.05) is 0 Å². The second kappa shape index (κ2) is 5.70. The van der Waals surface area contributed by atoms with E-state index in [1.165, 1.54) is 11.5 Å². The first-order valence-corrected chi connectivity index (χ1v) is 6.29. The summed E-state index contributed by atoms with van der Waals surface area (Å²) in [5.74, 6) is -0.214. The zero-order valence-electron chi connectivity index (χ0n) is 9.83. The molecule has 6 heteroatoms. The van der Waals surface area contributed by atoms with E-state index in [2.05, 4.69) is 14.7 Å². The van der Waals surface area contributed by atoms with E-state index in [0.29, 0.717) is 11.3 Å². The fourth-order valence-electron chi connectivity index (χ4n) is 1.50. The van der Waals surface area contributed by atoms with Crippen molar-refractivity contribution in [2.24, 2.45) is 0 Å². The van der Waals surface area contributed by atoms with Gasteiger partial charge in [-0.25, -0.2) is 0 Å². The van der Waals surface area contributed by atoms with Gasteiger partial charge in [-0.1, -0.05) is 0 Å². The van der Waals surface area contributed by atoms with Crippen molar-refractivity contribution >= 4 is 17.4 Å². The van der Waals surface area contributed by atoms with Gasteiger partial charge in [0.1, 0.15) is 0 Å². The first-order chi connectivity index (χ1) is 8.68. The van der Waals surface area contributed by atoms with Crippen LogP contribution in [0.25, 0.3) is 0 Å². The van der Waals surface area contributed by atoms with E-state index < -0.39 is 6.10 Å². The van der Waals surface area contributed by atoms with E-state index in [-0.39, 0.29) is 12.5 Å². The molecule has 0 bridgehead atoms. The Labute approximate surface area is 109 Å². The Morgan fingerprint density at radius 3 is 2.83 bits per heavy atom. The third-order valence-electron chi connectivity index (χ3n) is 2.54. The molecule has 1 unspecified atom stereocenters. The summed E-state index contributed by atoms with van der Waals surface area (Å²) in [6.45, 7) is 1.95. The quantitative estimate of drug-likeness (QED) is 0.872. The average Bonchev–Trinajstić information content (AvgIpc) is 2.83. The van der Waals surface area contributed by atoms with Crippen LogP contribution in [-0.2, 0) is 0 Å². The van der Waals surface area contributed by atoms with Gasteiger partial charge in [0.05, 0.1) is 17.4 Å². The van der Waals surface area contributed by atoms with Crippen LogP contribution in [0.3, 0.4) is 0 Å². The molecule has 1 amide bonds. The highest BCUT2D eigenvalue weighted by Crippen LogP contribution is 2.11. The highest BCUT2D eigenvalue weighted by Gasteiger charge is 2.13. The van der Waals surface area contributed by atoms with Crippen LogP contribution in [0.5, 0.6) is 0 Å². The Bertz CT molecular complexity index is 527. The minimum atomic E-state index is -0.733. The van der Waals surface area contributed by atoms with E-state index in [0.717, 1.165) is 5.56 Å². The van der Waals surface area contributed by atoms with Crippen LogP contribution in [0.1, 0.15) is 27.7 Å². The highest BCUT2D eigenvalue weighted by atomic mass is 32.1. The summed E-state index contributed by atoms with van der Waals surface area (Å²) in [5, 5.41) is 14.3. The van der Waals surface area contributed by atoms with Crippen molar-refractivity contribution < 1.29 is 9.90 Å². The number of rotatable bonds is 4. The molecule has 0 aliphatic rings. The molecule has 0 aliphatic heterocycles. The largest absolute Gasteiger partial charge is 0.387 e. The van der Waals surface area contributed by atoms with Crippen LogP contribution in [-0.4, -0.2) is 26.9 Å². The molecule has 0 saturated carbocycles.